The average Bonchev–Trinajstić information content (AvgIpc) is 3.26. The molecule has 1 saturated heterocycles. The summed E-state index contributed by atoms with van der Waals surface area (Å²) in [6.45, 7) is 3.98. The number of aryl methyl sites for hydroxylation is 2. The third kappa shape index (κ3) is 5.05. The summed E-state index contributed by atoms with van der Waals surface area (Å²) in [4.78, 5) is 36.6. The van der Waals surface area contributed by atoms with Crippen molar-refractivity contribution < 1.29 is 14.7 Å². The van der Waals surface area contributed by atoms with Gasteiger partial charge in [0.25, 0.3) is 0 Å². The SMILES string of the molecule is Cc1cc(-c2sc(NC(=O)N3CCN(C(=O)O)[C@H](C#N)C3)nc2-c2cccc(C#N)c2)cc(C)n1. The van der Waals surface area contributed by atoms with E-state index >= 15 is 0 Å². The van der Waals surface area contributed by atoms with Crippen molar-refractivity contribution in [3.63, 3.8) is 0 Å². The molecule has 0 saturated carbocycles. The van der Waals surface area contributed by atoms with E-state index in [1.54, 1.807) is 18.2 Å². The second kappa shape index (κ2) is 9.79. The fourth-order valence-corrected chi connectivity index (χ4v) is 4.91. The number of nitrogens with zero attached hydrogens (tertiary/aromatic N) is 6. The van der Waals surface area contributed by atoms with Gasteiger partial charge >= 0.3 is 12.1 Å². The van der Waals surface area contributed by atoms with Gasteiger partial charge in [-0.2, -0.15) is 10.5 Å². The molecule has 2 aromatic heterocycles. The normalized spacial score (nSPS) is 15.3. The van der Waals surface area contributed by atoms with Gasteiger partial charge in [-0.15, -0.1) is 0 Å². The number of benzene rings is 1. The highest BCUT2D eigenvalue weighted by Crippen LogP contribution is 2.39. The molecule has 1 aliphatic rings. The Balaban J connectivity index is 1.67. The number of carbonyl (C=O) groups is 2. The summed E-state index contributed by atoms with van der Waals surface area (Å²) in [5.41, 5.74) is 4.43. The van der Waals surface area contributed by atoms with Crippen LogP contribution in [0.3, 0.4) is 0 Å². The van der Waals surface area contributed by atoms with Crippen molar-refractivity contribution in [2.45, 2.75) is 19.9 Å². The summed E-state index contributed by atoms with van der Waals surface area (Å²) in [6.07, 6.45) is -1.19. The molecule has 35 heavy (non-hydrogen) atoms. The number of nitriles is 2. The van der Waals surface area contributed by atoms with E-state index in [0.29, 0.717) is 16.4 Å². The standard InChI is InChI=1S/C24H21N7O3S/c1-14-8-18(9-15(2)27-14)21-20(17-5-3-4-16(10-17)11-25)28-22(35-21)29-23(32)30-6-7-31(24(33)34)19(12-26)13-30/h3-5,8-10,19H,6-7,13H2,1-2H3,(H,33,34)(H,28,29,32)/t19-/m1/s1. The Kier molecular flexibility index (Phi) is 6.62. The number of nitrogens with one attached hydrogen (secondary N) is 1. The van der Waals surface area contributed by atoms with Crippen LogP contribution in [-0.4, -0.2) is 62.7 Å². The van der Waals surface area contributed by atoms with Crippen LogP contribution in [-0.2, 0) is 0 Å². The molecule has 0 radical (unpaired) electrons. The third-order valence-corrected chi connectivity index (χ3v) is 6.53. The van der Waals surface area contributed by atoms with Crippen LogP contribution >= 0.6 is 11.3 Å². The van der Waals surface area contributed by atoms with E-state index in [4.69, 9.17) is 0 Å². The molecule has 3 amide bonds. The fourth-order valence-electron chi connectivity index (χ4n) is 3.94. The first-order valence-corrected chi connectivity index (χ1v) is 11.5. The molecule has 1 fully saturated rings. The van der Waals surface area contributed by atoms with Gasteiger partial charge in [-0.05, 0) is 43.7 Å². The lowest BCUT2D eigenvalue weighted by Crippen LogP contribution is -2.56. The van der Waals surface area contributed by atoms with Gasteiger partial charge in [0.05, 0.1) is 34.8 Å². The zero-order valence-corrected chi connectivity index (χ0v) is 19.8. The van der Waals surface area contributed by atoms with E-state index in [1.807, 2.05) is 38.1 Å². The van der Waals surface area contributed by atoms with Crippen molar-refractivity contribution >= 4 is 28.6 Å². The predicted molar refractivity (Wildman–Crippen MR) is 130 cm³/mol. The van der Waals surface area contributed by atoms with Crippen LogP contribution in [0, 0.1) is 36.5 Å². The van der Waals surface area contributed by atoms with Crippen LogP contribution in [0.4, 0.5) is 14.7 Å². The molecule has 2 N–H and O–H groups in total. The number of rotatable bonds is 3. The van der Waals surface area contributed by atoms with Crippen LogP contribution in [0.1, 0.15) is 17.0 Å². The lowest BCUT2D eigenvalue weighted by molar-refractivity contribution is 0.0972. The molecule has 11 heteroatoms. The summed E-state index contributed by atoms with van der Waals surface area (Å²) in [6, 6.07) is 13.6. The third-order valence-electron chi connectivity index (χ3n) is 5.51. The Morgan fingerprint density at radius 1 is 1.11 bits per heavy atom. The van der Waals surface area contributed by atoms with Crippen LogP contribution in [0.15, 0.2) is 36.4 Å². The van der Waals surface area contributed by atoms with Gasteiger partial charge in [0, 0.05) is 30.0 Å². The Bertz CT molecular complexity index is 1370. The first-order chi connectivity index (χ1) is 16.8. The van der Waals surface area contributed by atoms with Crippen LogP contribution in [0.5, 0.6) is 0 Å². The van der Waals surface area contributed by atoms with Crippen LogP contribution in [0.2, 0.25) is 0 Å². The van der Waals surface area contributed by atoms with Crippen LogP contribution in [0.25, 0.3) is 21.7 Å². The molecule has 1 aliphatic heterocycles. The molecule has 1 atom stereocenters. The molecule has 0 spiro atoms. The number of hydrogen-bond donors (Lipinski definition) is 2. The number of aromatic nitrogens is 2. The van der Waals surface area contributed by atoms with Crippen molar-refractivity contribution in [1.82, 2.24) is 19.8 Å². The van der Waals surface area contributed by atoms with Crippen molar-refractivity contribution in [2.24, 2.45) is 0 Å². The Morgan fingerprint density at radius 3 is 2.51 bits per heavy atom. The van der Waals surface area contributed by atoms with E-state index in [2.05, 4.69) is 21.4 Å². The van der Waals surface area contributed by atoms with Crippen molar-refractivity contribution in [2.75, 3.05) is 25.0 Å². The van der Waals surface area contributed by atoms with Crippen molar-refractivity contribution in [3.05, 3.63) is 53.3 Å². The molecule has 0 bridgehead atoms. The van der Waals surface area contributed by atoms with E-state index < -0.39 is 18.2 Å². The number of thiazole rings is 1. The van der Waals surface area contributed by atoms with Gasteiger partial charge in [0.1, 0.15) is 6.04 Å². The summed E-state index contributed by atoms with van der Waals surface area (Å²) in [7, 11) is 0. The predicted octanol–water partition coefficient (Wildman–Crippen LogP) is 4.08. The topological polar surface area (TPSA) is 146 Å². The summed E-state index contributed by atoms with van der Waals surface area (Å²) in [5.74, 6) is 0. The van der Waals surface area contributed by atoms with Gasteiger partial charge in [-0.25, -0.2) is 14.6 Å². The largest absolute Gasteiger partial charge is 0.465 e. The maximum atomic E-state index is 13.0. The number of carbonyl (C=O) groups excluding carboxylic acids is 1. The van der Waals surface area contributed by atoms with Crippen molar-refractivity contribution in [3.8, 4) is 33.8 Å². The lowest BCUT2D eigenvalue weighted by atomic mass is 10.0. The minimum atomic E-state index is -1.19. The fraction of sp³-hybridized carbons (Fsp3) is 0.250. The number of urea groups is 1. The Morgan fingerprint density at radius 2 is 1.86 bits per heavy atom. The van der Waals surface area contributed by atoms with Gasteiger partial charge in [-0.3, -0.25) is 15.2 Å². The molecule has 3 heterocycles. The lowest BCUT2D eigenvalue weighted by Gasteiger charge is -2.36. The first-order valence-electron chi connectivity index (χ1n) is 10.7. The minimum Gasteiger partial charge on any atom is -0.465 e. The monoisotopic (exact) mass is 487 g/mol. The van der Waals surface area contributed by atoms with Crippen LogP contribution < -0.4 is 5.32 Å². The Hall–Kier alpha value is -4.48. The first kappa shape index (κ1) is 23.7. The quantitative estimate of drug-likeness (QED) is 0.566. The van der Waals surface area contributed by atoms with Gasteiger partial charge < -0.3 is 10.0 Å². The highest BCUT2D eigenvalue weighted by Gasteiger charge is 2.33. The molecular weight excluding hydrogens is 466 g/mol. The molecule has 10 nitrogen and oxygen atoms in total. The maximum Gasteiger partial charge on any atom is 0.408 e. The number of hydrogen-bond acceptors (Lipinski definition) is 7. The highest BCUT2D eigenvalue weighted by atomic mass is 32.1. The zero-order chi connectivity index (χ0) is 25.1. The number of pyridine rings is 1. The minimum absolute atomic E-state index is 0.0350. The second-order valence-corrected chi connectivity index (χ2v) is 9.02. The van der Waals surface area contributed by atoms with Gasteiger partial charge in [0.2, 0.25) is 0 Å². The summed E-state index contributed by atoms with van der Waals surface area (Å²) in [5, 5.41) is 31.1. The van der Waals surface area contributed by atoms with E-state index in [-0.39, 0.29) is 19.6 Å². The van der Waals surface area contributed by atoms with E-state index in [9.17, 15) is 25.2 Å². The van der Waals surface area contributed by atoms with Gasteiger partial charge in [-0.1, -0.05) is 23.5 Å². The number of carboxylic acid groups (broad SMARTS) is 1. The van der Waals surface area contributed by atoms with Gasteiger partial charge in [0.15, 0.2) is 5.13 Å². The van der Waals surface area contributed by atoms with Crippen molar-refractivity contribution in [1.29, 1.82) is 10.5 Å². The number of anilines is 1. The summed E-state index contributed by atoms with van der Waals surface area (Å²) < 4.78 is 0. The Labute approximate surface area is 205 Å². The smallest absolute Gasteiger partial charge is 0.408 e. The highest BCUT2D eigenvalue weighted by molar-refractivity contribution is 7.19. The zero-order valence-electron chi connectivity index (χ0n) is 19.0. The summed E-state index contributed by atoms with van der Waals surface area (Å²) >= 11 is 1.29. The van der Waals surface area contributed by atoms with E-state index in [0.717, 1.165) is 32.3 Å². The molecule has 4 rings (SSSR count). The molecule has 0 aliphatic carbocycles. The maximum absolute atomic E-state index is 13.0. The number of amides is 3. The van der Waals surface area contributed by atoms with E-state index in [1.165, 1.54) is 16.2 Å². The molecule has 1 aromatic carbocycles. The average molecular weight is 488 g/mol. The molecule has 176 valence electrons. The molecule has 0 unspecified atom stereocenters. The molecular formula is C24H21N7O3S. The molecule has 3 aromatic rings. The second-order valence-electron chi connectivity index (χ2n) is 8.02. The number of piperazine rings is 1.